The quantitative estimate of drug-likeness (QED) is 0.772. The molecule has 1 amide bonds. The number of nitrogens with zero attached hydrogens (tertiary/aromatic N) is 1. The largest absolute Gasteiger partial charge is 0.493 e. The zero-order valence-corrected chi connectivity index (χ0v) is 15.9. The molecule has 7 nitrogen and oxygen atoms in total. The second-order valence-electron chi connectivity index (χ2n) is 6.43. The van der Waals surface area contributed by atoms with Gasteiger partial charge in [-0.15, -0.1) is 0 Å². The summed E-state index contributed by atoms with van der Waals surface area (Å²) < 4.78 is 15.9. The zero-order valence-electron chi connectivity index (χ0n) is 15.9. The fourth-order valence-corrected chi connectivity index (χ4v) is 3.27. The van der Waals surface area contributed by atoms with Crippen LogP contribution in [0.1, 0.15) is 36.2 Å². The van der Waals surface area contributed by atoms with Crippen LogP contribution in [0.25, 0.3) is 0 Å². The lowest BCUT2D eigenvalue weighted by molar-refractivity contribution is 0.102. The molecule has 27 heavy (non-hydrogen) atoms. The van der Waals surface area contributed by atoms with E-state index in [1.807, 2.05) is 6.07 Å². The SMILES string of the molecule is COc1cc(NC(=O)c2ccc(NC3CCCC3)cn2)cc(OC)c1OC. The van der Waals surface area contributed by atoms with Crippen molar-refractivity contribution < 1.29 is 19.0 Å². The van der Waals surface area contributed by atoms with Crippen LogP contribution in [-0.4, -0.2) is 38.3 Å². The second-order valence-corrected chi connectivity index (χ2v) is 6.43. The van der Waals surface area contributed by atoms with Gasteiger partial charge in [0, 0.05) is 23.9 Å². The summed E-state index contributed by atoms with van der Waals surface area (Å²) >= 11 is 0. The molecule has 0 spiro atoms. The Bertz CT molecular complexity index is 761. The first kappa shape index (κ1) is 18.8. The maximum absolute atomic E-state index is 12.5. The van der Waals surface area contributed by atoms with Crippen molar-refractivity contribution in [2.75, 3.05) is 32.0 Å². The van der Waals surface area contributed by atoms with Crippen LogP contribution in [0, 0.1) is 0 Å². The van der Waals surface area contributed by atoms with Gasteiger partial charge in [-0.1, -0.05) is 12.8 Å². The predicted octanol–water partition coefficient (Wildman–Crippen LogP) is 3.71. The molecule has 3 rings (SSSR count). The van der Waals surface area contributed by atoms with Crippen molar-refractivity contribution in [3.05, 3.63) is 36.2 Å². The molecule has 1 aromatic carbocycles. The minimum Gasteiger partial charge on any atom is -0.493 e. The Morgan fingerprint density at radius 3 is 2.19 bits per heavy atom. The zero-order chi connectivity index (χ0) is 19.2. The Kier molecular flexibility index (Phi) is 6.01. The number of carbonyl (C=O) groups excluding carboxylic acids is 1. The smallest absolute Gasteiger partial charge is 0.274 e. The average molecular weight is 371 g/mol. The van der Waals surface area contributed by atoms with Crippen molar-refractivity contribution in [3.8, 4) is 17.2 Å². The van der Waals surface area contributed by atoms with E-state index < -0.39 is 0 Å². The van der Waals surface area contributed by atoms with Crippen molar-refractivity contribution in [2.24, 2.45) is 0 Å². The van der Waals surface area contributed by atoms with Crippen LogP contribution in [0.3, 0.4) is 0 Å². The molecule has 0 unspecified atom stereocenters. The van der Waals surface area contributed by atoms with Crippen LogP contribution in [0.5, 0.6) is 17.2 Å². The van der Waals surface area contributed by atoms with E-state index in [2.05, 4.69) is 15.6 Å². The third kappa shape index (κ3) is 4.42. The predicted molar refractivity (Wildman–Crippen MR) is 104 cm³/mol. The summed E-state index contributed by atoms with van der Waals surface area (Å²) in [5.41, 5.74) is 1.80. The molecular formula is C20H25N3O4. The number of carbonyl (C=O) groups is 1. The lowest BCUT2D eigenvalue weighted by atomic mass is 10.2. The molecule has 0 saturated heterocycles. The molecule has 0 bridgehead atoms. The molecule has 2 N–H and O–H groups in total. The van der Waals surface area contributed by atoms with E-state index in [4.69, 9.17) is 14.2 Å². The minimum atomic E-state index is -0.309. The molecule has 2 aromatic rings. The number of nitrogens with one attached hydrogen (secondary N) is 2. The number of amides is 1. The van der Waals surface area contributed by atoms with Gasteiger partial charge >= 0.3 is 0 Å². The van der Waals surface area contributed by atoms with Crippen LogP contribution in [0.2, 0.25) is 0 Å². The topological polar surface area (TPSA) is 81.7 Å². The van der Waals surface area contributed by atoms with E-state index in [1.54, 1.807) is 24.4 Å². The fourth-order valence-electron chi connectivity index (χ4n) is 3.27. The van der Waals surface area contributed by atoms with E-state index in [1.165, 1.54) is 47.0 Å². The monoisotopic (exact) mass is 371 g/mol. The minimum absolute atomic E-state index is 0.309. The first-order chi connectivity index (χ1) is 13.1. The summed E-state index contributed by atoms with van der Waals surface area (Å²) in [5.74, 6) is 1.10. The number of anilines is 2. The maximum Gasteiger partial charge on any atom is 0.274 e. The highest BCUT2D eigenvalue weighted by Gasteiger charge is 2.17. The van der Waals surface area contributed by atoms with Gasteiger partial charge in [-0.2, -0.15) is 0 Å². The Hall–Kier alpha value is -2.96. The summed E-state index contributed by atoms with van der Waals surface area (Å²) in [6, 6.07) is 7.45. The summed E-state index contributed by atoms with van der Waals surface area (Å²) in [6.45, 7) is 0. The Labute approximate surface area is 159 Å². The first-order valence-electron chi connectivity index (χ1n) is 8.98. The van der Waals surface area contributed by atoms with Crippen LogP contribution >= 0.6 is 0 Å². The molecule has 1 aliphatic carbocycles. The van der Waals surface area contributed by atoms with Gasteiger partial charge in [-0.25, -0.2) is 4.98 Å². The standard InChI is InChI=1S/C20H25N3O4/c1-25-17-10-15(11-18(26-2)19(17)27-3)23-20(24)16-9-8-14(12-21-16)22-13-6-4-5-7-13/h8-13,22H,4-7H2,1-3H3,(H,23,24). The lowest BCUT2D eigenvalue weighted by Gasteiger charge is -2.15. The Balaban J connectivity index is 1.71. The highest BCUT2D eigenvalue weighted by atomic mass is 16.5. The van der Waals surface area contributed by atoms with Crippen molar-refractivity contribution in [1.82, 2.24) is 4.98 Å². The van der Waals surface area contributed by atoms with Gasteiger partial charge in [0.25, 0.3) is 5.91 Å². The van der Waals surface area contributed by atoms with E-state index in [0.717, 1.165) is 5.69 Å². The molecule has 144 valence electrons. The average Bonchev–Trinajstić information content (AvgIpc) is 3.20. The van der Waals surface area contributed by atoms with E-state index >= 15 is 0 Å². The molecule has 1 aromatic heterocycles. The molecule has 1 aliphatic rings. The van der Waals surface area contributed by atoms with Gasteiger partial charge < -0.3 is 24.8 Å². The van der Waals surface area contributed by atoms with E-state index in [0.29, 0.717) is 34.7 Å². The van der Waals surface area contributed by atoms with Gasteiger partial charge in [-0.05, 0) is 25.0 Å². The van der Waals surface area contributed by atoms with Crippen LogP contribution < -0.4 is 24.8 Å². The number of benzene rings is 1. The molecule has 7 heteroatoms. The molecule has 0 aliphatic heterocycles. The molecule has 1 saturated carbocycles. The number of aromatic nitrogens is 1. The molecule has 1 heterocycles. The Morgan fingerprint density at radius 2 is 1.67 bits per heavy atom. The van der Waals surface area contributed by atoms with Crippen LogP contribution in [0.4, 0.5) is 11.4 Å². The van der Waals surface area contributed by atoms with Gasteiger partial charge in [0.15, 0.2) is 11.5 Å². The van der Waals surface area contributed by atoms with Crippen molar-refractivity contribution in [3.63, 3.8) is 0 Å². The number of pyridine rings is 1. The highest BCUT2D eigenvalue weighted by molar-refractivity contribution is 6.03. The summed E-state index contributed by atoms with van der Waals surface area (Å²) in [4.78, 5) is 16.8. The molecule has 0 atom stereocenters. The summed E-state index contributed by atoms with van der Waals surface area (Å²) in [5, 5.41) is 6.27. The Morgan fingerprint density at radius 1 is 1.00 bits per heavy atom. The fraction of sp³-hybridized carbons (Fsp3) is 0.400. The van der Waals surface area contributed by atoms with Gasteiger partial charge in [-0.3, -0.25) is 4.79 Å². The molecule has 1 fully saturated rings. The summed E-state index contributed by atoms with van der Waals surface area (Å²) in [7, 11) is 4.59. The third-order valence-corrected chi connectivity index (χ3v) is 4.64. The van der Waals surface area contributed by atoms with Gasteiger partial charge in [0.1, 0.15) is 5.69 Å². The number of rotatable bonds is 7. The van der Waals surface area contributed by atoms with Crippen molar-refractivity contribution in [1.29, 1.82) is 0 Å². The number of ether oxygens (including phenoxy) is 3. The summed E-state index contributed by atoms with van der Waals surface area (Å²) in [6.07, 6.45) is 6.59. The van der Waals surface area contributed by atoms with E-state index in [-0.39, 0.29) is 5.91 Å². The first-order valence-corrected chi connectivity index (χ1v) is 8.98. The van der Waals surface area contributed by atoms with Gasteiger partial charge in [0.05, 0.1) is 33.2 Å². The van der Waals surface area contributed by atoms with Crippen LogP contribution in [-0.2, 0) is 0 Å². The lowest BCUT2D eigenvalue weighted by Crippen LogP contribution is -2.16. The normalized spacial score (nSPS) is 13.9. The third-order valence-electron chi connectivity index (χ3n) is 4.64. The highest BCUT2D eigenvalue weighted by Crippen LogP contribution is 2.40. The number of methoxy groups -OCH3 is 3. The maximum atomic E-state index is 12.5. The molecular weight excluding hydrogens is 346 g/mol. The second kappa shape index (κ2) is 8.62. The number of hydrogen-bond acceptors (Lipinski definition) is 6. The van der Waals surface area contributed by atoms with E-state index in [9.17, 15) is 4.79 Å². The molecule has 0 radical (unpaired) electrons. The number of hydrogen-bond donors (Lipinski definition) is 2. The van der Waals surface area contributed by atoms with Crippen molar-refractivity contribution >= 4 is 17.3 Å². The van der Waals surface area contributed by atoms with Crippen LogP contribution in [0.15, 0.2) is 30.5 Å². The van der Waals surface area contributed by atoms with Crippen molar-refractivity contribution in [2.45, 2.75) is 31.7 Å². The van der Waals surface area contributed by atoms with Gasteiger partial charge in [0.2, 0.25) is 5.75 Å².